The molecule has 0 aliphatic rings. The maximum absolute atomic E-state index is 12.3. The van der Waals surface area contributed by atoms with Crippen molar-refractivity contribution in [1.82, 2.24) is 0 Å². The van der Waals surface area contributed by atoms with Crippen molar-refractivity contribution >= 4 is 16.7 Å². The molecule has 0 bridgehead atoms. The molecule has 0 radical (unpaired) electrons. The molecule has 0 saturated carbocycles. The fourth-order valence-electron chi connectivity index (χ4n) is 2.42. The Labute approximate surface area is 136 Å². The highest BCUT2D eigenvalue weighted by molar-refractivity contribution is 5.81. The zero-order valence-corrected chi connectivity index (χ0v) is 13.0. The van der Waals surface area contributed by atoms with Crippen LogP contribution in [0, 0.1) is 5.21 Å². The van der Waals surface area contributed by atoms with Crippen molar-refractivity contribution in [3.05, 3.63) is 57.9 Å². The Bertz CT molecular complexity index is 947. The van der Waals surface area contributed by atoms with E-state index in [1.54, 1.807) is 18.2 Å². The van der Waals surface area contributed by atoms with Gasteiger partial charge in [0, 0.05) is 23.8 Å². The first kappa shape index (κ1) is 16.0. The molecule has 0 aliphatic heterocycles. The molecule has 3 rings (SSSR count). The first-order valence-electron chi connectivity index (χ1n) is 7.07. The molecule has 1 atom stereocenters. The Morgan fingerprint density at radius 2 is 1.79 bits per heavy atom. The fourth-order valence-corrected chi connectivity index (χ4v) is 2.42. The molecule has 0 aliphatic carbocycles. The molecule has 1 aromatic heterocycles. The minimum atomic E-state index is -1.10. The fraction of sp³-hybridized carbons (Fsp3) is 0.118. The van der Waals surface area contributed by atoms with E-state index in [9.17, 15) is 10.0 Å². The van der Waals surface area contributed by atoms with E-state index >= 15 is 0 Å². The third-order valence-electron chi connectivity index (χ3n) is 3.64. The molecule has 3 aromatic rings. The SMILES string of the molecule is COc1ccc(-c2cc(=O)c3cc([NH+]([O-])O)ccc3o2)cc1OC. The highest BCUT2D eigenvalue weighted by atomic mass is 16.8. The number of hydrogen-bond acceptors (Lipinski definition) is 6. The molecular weight excluding hydrogens is 314 g/mol. The second-order valence-corrected chi connectivity index (χ2v) is 5.06. The van der Waals surface area contributed by atoms with Crippen LogP contribution in [0.25, 0.3) is 22.3 Å². The van der Waals surface area contributed by atoms with Gasteiger partial charge < -0.3 is 19.1 Å². The van der Waals surface area contributed by atoms with Gasteiger partial charge in [-0.15, -0.1) is 0 Å². The summed E-state index contributed by atoms with van der Waals surface area (Å²) in [6, 6.07) is 10.7. The van der Waals surface area contributed by atoms with Crippen molar-refractivity contribution in [1.29, 1.82) is 0 Å². The van der Waals surface area contributed by atoms with Crippen molar-refractivity contribution in [3.8, 4) is 22.8 Å². The second-order valence-electron chi connectivity index (χ2n) is 5.06. The van der Waals surface area contributed by atoms with Gasteiger partial charge in [-0.3, -0.25) is 4.79 Å². The van der Waals surface area contributed by atoms with Gasteiger partial charge in [-0.2, -0.15) is 5.23 Å². The van der Waals surface area contributed by atoms with Crippen LogP contribution in [0.2, 0.25) is 0 Å². The number of ether oxygens (including phenoxy) is 2. The molecule has 0 saturated heterocycles. The molecular formula is C17H15NO6. The molecule has 7 nitrogen and oxygen atoms in total. The number of rotatable bonds is 4. The molecule has 24 heavy (non-hydrogen) atoms. The normalized spacial score (nSPS) is 12.2. The average Bonchev–Trinajstić information content (AvgIpc) is 2.60. The zero-order chi connectivity index (χ0) is 17.3. The van der Waals surface area contributed by atoms with Crippen LogP contribution in [0.5, 0.6) is 11.5 Å². The molecule has 2 aromatic carbocycles. The predicted molar refractivity (Wildman–Crippen MR) is 86.8 cm³/mol. The van der Waals surface area contributed by atoms with Crippen LogP contribution in [0.3, 0.4) is 0 Å². The Morgan fingerprint density at radius 1 is 1.04 bits per heavy atom. The highest BCUT2D eigenvalue weighted by Gasteiger charge is 2.12. The maximum Gasteiger partial charge on any atom is 0.193 e. The van der Waals surface area contributed by atoms with Crippen LogP contribution in [-0.4, -0.2) is 19.4 Å². The van der Waals surface area contributed by atoms with Crippen LogP contribution in [0.4, 0.5) is 5.69 Å². The summed E-state index contributed by atoms with van der Waals surface area (Å²) >= 11 is 0. The first-order chi connectivity index (χ1) is 11.5. The Hall–Kier alpha value is -2.87. The van der Waals surface area contributed by atoms with Crippen molar-refractivity contribution in [2.75, 3.05) is 14.2 Å². The number of quaternary nitrogens is 1. The Balaban J connectivity index is 2.14. The molecule has 1 unspecified atom stereocenters. The molecule has 7 heteroatoms. The van der Waals surface area contributed by atoms with Gasteiger partial charge in [0.15, 0.2) is 22.6 Å². The van der Waals surface area contributed by atoms with E-state index in [1.165, 1.54) is 38.5 Å². The molecule has 0 spiro atoms. The smallest absolute Gasteiger partial charge is 0.193 e. The highest BCUT2D eigenvalue weighted by Crippen LogP contribution is 2.32. The standard InChI is InChI=1S/C17H15NO6/c1-22-15-5-3-10(7-17(15)23-2)16-9-13(19)12-8-11(18(20)21)4-6-14(12)24-16/h3-9,18,20H,1-2H3. The van der Waals surface area contributed by atoms with Crippen molar-refractivity contribution < 1.29 is 24.3 Å². The number of benzene rings is 2. The van der Waals surface area contributed by atoms with Crippen LogP contribution in [-0.2, 0) is 0 Å². The van der Waals surface area contributed by atoms with Crippen molar-refractivity contribution in [3.63, 3.8) is 0 Å². The summed E-state index contributed by atoms with van der Waals surface area (Å²) in [4.78, 5) is 12.3. The molecule has 0 amide bonds. The first-order valence-corrected chi connectivity index (χ1v) is 7.07. The van der Waals surface area contributed by atoms with Gasteiger partial charge in [0.05, 0.1) is 19.6 Å². The number of methoxy groups -OCH3 is 2. The number of fused-ring (bicyclic) bond motifs is 1. The zero-order valence-electron chi connectivity index (χ0n) is 13.0. The molecule has 0 fully saturated rings. The third kappa shape index (κ3) is 2.83. The topological polar surface area (TPSA) is 96.4 Å². The summed E-state index contributed by atoms with van der Waals surface area (Å²) in [6.45, 7) is 0. The second kappa shape index (κ2) is 6.32. The van der Waals surface area contributed by atoms with E-state index in [2.05, 4.69) is 0 Å². The summed E-state index contributed by atoms with van der Waals surface area (Å²) in [5.74, 6) is 1.44. The van der Waals surface area contributed by atoms with Gasteiger partial charge in [0.1, 0.15) is 11.3 Å². The van der Waals surface area contributed by atoms with Gasteiger partial charge >= 0.3 is 0 Å². The van der Waals surface area contributed by atoms with Crippen LogP contribution in [0.15, 0.2) is 51.7 Å². The number of hydrogen-bond donors (Lipinski definition) is 2. The summed E-state index contributed by atoms with van der Waals surface area (Å²) in [6.07, 6.45) is 0. The Morgan fingerprint density at radius 3 is 2.46 bits per heavy atom. The van der Waals surface area contributed by atoms with Gasteiger partial charge in [-0.05, 0) is 24.3 Å². The van der Waals surface area contributed by atoms with Gasteiger partial charge in [-0.1, -0.05) is 0 Å². The average molecular weight is 329 g/mol. The van der Waals surface area contributed by atoms with Crippen molar-refractivity contribution in [2.45, 2.75) is 0 Å². The lowest BCUT2D eigenvalue weighted by Crippen LogP contribution is -2.99. The lowest BCUT2D eigenvalue weighted by molar-refractivity contribution is -0.991. The van der Waals surface area contributed by atoms with Crippen LogP contribution in [0.1, 0.15) is 0 Å². The predicted octanol–water partition coefficient (Wildman–Crippen LogP) is 1.88. The minimum Gasteiger partial charge on any atom is -0.595 e. The van der Waals surface area contributed by atoms with Crippen molar-refractivity contribution in [2.24, 2.45) is 0 Å². The van der Waals surface area contributed by atoms with Gasteiger partial charge in [0.2, 0.25) is 0 Å². The van der Waals surface area contributed by atoms with E-state index in [0.717, 1.165) is 0 Å². The summed E-state index contributed by atoms with van der Waals surface area (Å²) < 4.78 is 16.2. The lowest BCUT2D eigenvalue weighted by atomic mass is 10.1. The maximum atomic E-state index is 12.3. The summed E-state index contributed by atoms with van der Waals surface area (Å²) in [5, 5.41) is 19.2. The number of nitrogens with one attached hydrogen (secondary N) is 1. The van der Waals surface area contributed by atoms with E-state index in [0.29, 0.717) is 28.4 Å². The molecule has 124 valence electrons. The third-order valence-corrected chi connectivity index (χ3v) is 3.64. The van der Waals surface area contributed by atoms with Crippen LogP contribution < -0.4 is 20.1 Å². The quantitative estimate of drug-likeness (QED) is 0.710. The molecule has 1 heterocycles. The van der Waals surface area contributed by atoms with E-state index in [1.807, 2.05) is 0 Å². The summed E-state index contributed by atoms with van der Waals surface area (Å²) in [5.41, 5.74) is 0.684. The minimum absolute atomic E-state index is 0.0358. The monoisotopic (exact) mass is 329 g/mol. The molecule has 2 N–H and O–H groups in total. The summed E-state index contributed by atoms with van der Waals surface area (Å²) in [7, 11) is 3.05. The van der Waals surface area contributed by atoms with E-state index in [4.69, 9.17) is 19.1 Å². The Kier molecular flexibility index (Phi) is 4.22. The van der Waals surface area contributed by atoms with E-state index < -0.39 is 5.23 Å². The van der Waals surface area contributed by atoms with Gasteiger partial charge in [0.25, 0.3) is 0 Å². The van der Waals surface area contributed by atoms with E-state index in [-0.39, 0.29) is 16.5 Å². The largest absolute Gasteiger partial charge is 0.595 e. The van der Waals surface area contributed by atoms with Gasteiger partial charge in [-0.25, -0.2) is 5.21 Å². The van der Waals surface area contributed by atoms with Crippen LogP contribution >= 0.6 is 0 Å². The lowest BCUT2D eigenvalue weighted by Gasteiger charge is -2.12.